The van der Waals surface area contributed by atoms with Gasteiger partial charge in [-0.3, -0.25) is 9.59 Å². The molecule has 0 aromatic carbocycles. The van der Waals surface area contributed by atoms with Crippen LogP contribution in [0.5, 0.6) is 0 Å². The van der Waals surface area contributed by atoms with Crippen LogP contribution in [0.2, 0.25) is 0 Å². The van der Waals surface area contributed by atoms with Crippen LogP contribution in [-0.4, -0.2) is 47.1 Å². The number of allylic oxidation sites excluding steroid dienone is 2. The summed E-state index contributed by atoms with van der Waals surface area (Å²) in [5.74, 6) is -3.25. The molecule has 1 saturated carbocycles. The van der Waals surface area contributed by atoms with Crippen LogP contribution in [-0.2, 0) is 14.3 Å². The van der Waals surface area contributed by atoms with Gasteiger partial charge >= 0.3 is 11.9 Å². The summed E-state index contributed by atoms with van der Waals surface area (Å²) >= 11 is 0. The van der Waals surface area contributed by atoms with Gasteiger partial charge in [-0.1, -0.05) is 12.2 Å². The van der Waals surface area contributed by atoms with E-state index in [0.29, 0.717) is 12.8 Å². The fourth-order valence-corrected chi connectivity index (χ4v) is 3.19. The molecular weight excluding hydrogens is 264 g/mol. The number of hydrogen-bond donors (Lipinski definition) is 3. The van der Waals surface area contributed by atoms with Crippen molar-refractivity contribution in [3.63, 3.8) is 0 Å². The van der Waals surface area contributed by atoms with Crippen LogP contribution in [0.3, 0.4) is 0 Å². The molecule has 0 radical (unpaired) electrons. The van der Waals surface area contributed by atoms with E-state index in [4.69, 9.17) is 14.9 Å². The molecule has 0 saturated heterocycles. The molecule has 3 N–H and O–H groups in total. The molecule has 0 amide bonds. The molecule has 112 valence electrons. The largest absolute Gasteiger partial charge is 0.481 e. The van der Waals surface area contributed by atoms with E-state index < -0.39 is 23.8 Å². The Kier molecular flexibility index (Phi) is 4.77. The minimum Gasteiger partial charge on any atom is -0.481 e. The van der Waals surface area contributed by atoms with Crippen molar-refractivity contribution in [1.82, 2.24) is 0 Å². The number of aliphatic carboxylic acids is 1. The Morgan fingerprint density at radius 3 is 2.40 bits per heavy atom. The summed E-state index contributed by atoms with van der Waals surface area (Å²) in [6, 6.07) is 0. The van der Waals surface area contributed by atoms with Gasteiger partial charge in [0.25, 0.3) is 0 Å². The number of aliphatic hydroxyl groups is 2. The van der Waals surface area contributed by atoms with Crippen LogP contribution in [0, 0.1) is 29.6 Å². The van der Waals surface area contributed by atoms with E-state index >= 15 is 0 Å². The van der Waals surface area contributed by atoms with Gasteiger partial charge in [-0.15, -0.1) is 0 Å². The van der Waals surface area contributed by atoms with E-state index in [0.717, 1.165) is 0 Å². The normalized spacial score (nSPS) is 32.3. The molecular formula is C14H20O6. The highest BCUT2D eigenvalue weighted by molar-refractivity contribution is 5.83. The van der Waals surface area contributed by atoms with E-state index in [-0.39, 0.29) is 37.6 Å². The van der Waals surface area contributed by atoms with Crippen LogP contribution in [0.15, 0.2) is 12.2 Å². The zero-order valence-corrected chi connectivity index (χ0v) is 11.1. The first-order chi connectivity index (χ1) is 9.58. The van der Waals surface area contributed by atoms with E-state index in [1.807, 2.05) is 12.2 Å². The van der Waals surface area contributed by atoms with Crippen molar-refractivity contribution in [3.8, 4) is 0 Å². The van der Waals surface area contributed by atoms with Crippen molar-refractivity contribution in [2.45, 2.75) is 12.8 Å². The van der Waals surface area contributed by atoms with E-state index in [1.54, 1.807) is 0 Å². The fourth-order valence-electron chi connectivity index (χ4n) is 3.19. The first-order valence-corrected chi connectivity index (χ1v) is 6.88. The van der Waals surface area contributed by atoms with Crippen molar-refractivity contribution in [1.29, 1.82) is 0 Å². The number of esters is 1. The van der Waals surface area contributed by atoms with Crippen molar-refractivity contribution in [3.05, 3.63) is 12.2 Å². The molecule has 20 heavy (non-hydrogen) atoms. The summed E-state index contributed by atoms with van der Waals surface area (Å²) in [5.41, 5.74) is 0. The molecule has 2 rings (SSSR count). The first-order valence-electron chi connectivity index (χ1n) is 6.88. The van der Waals surface area contributed by atoms with Crippen LogP contribution < -0.4 is 0 Å². The van der Waals surface area contributed by atoms with Crippen LogP contribution in [0.4, 0.5) is 0 Å². The number of carbonyl (C=O) groups excluding carboxylic acids is 1. The van der Waals surface area contributed by atoms with Crippen molar-refractivity contribution >= 4 is 11.9 Å². The smallest absolute Gasteiger partial charge is 0.310 e. The predicted molar refractivity (Wildman–Crippen MR) is 68.6 cm³/mol. The summed E-state index contributed by atoms with van der Waals surface area (Å²) in [6.07, 6.45) is 4.81. The number of fused-ring (bicyclic) bond motifs is 2. The zero-order valence-electron chi connectivity index (χ0n) is 11.1. The highest BCUT2D eigenvalue weighted by atomic mass is 16.5. The summed E-state index contributed by atoms with van der Waals surface area (Å²) in [7, 11) is 0. The SMILES string of the molecule is O=C(O)C1C2C=CC(C2)C1C(=O)OCC(CO)CCO. The van der Waals surface area contributed by atoms with Crippen molar-refractivity contribution < 1.29 is 29.6 Å². The van der Waals surface area contributed by atoms with E-state index in [9.17, 15) is 14.7 Å². The van der Waals surface area contributed by atoms with E-state index in [2.05, 4.69) is 0 Å². The minimum absolute atomic E-state index is 0.0137. The third-order valence-corrected chi connectivity index (χ3v) is 4.27. The fraction of sp³-hybridized carbons (Fsp3) is 0.714. The molecule has 5 atom stereocenters. The molecule has 0 heterocycles. The van der Waals surface area contributed by atoms with Gasteiger partial charge < -0.3 is 20.1 Å². The lowest BCUT2D eigenvalue weighted by molar-refractivity contribution is -0.159. The third kappa shape index (κ3) is 2.86. The van der Waals surface area contributed by atoms with Gasteiger partial charge in [-0.25, -0.2) is 0 Å². The predicted octanol–water partition coefficient (Wildman–Crippen LogP) is 0.0434. The van der Waals surface area contributed by atoms with Gasteiger partial charge in [0.1, 0.15) is 0 Å². The summed E-state index contributed by atoms with van der Waals surface area (Å²) in [6.45, 7) is -0.246. The van der Waals surface area contributed by atoms with Gasteiger partial charge in [0, 0.05) is 19.1 Å². The molecule has 2 aliphatic rings. The second-order valence-corrected chi connectivity index (χ2v) is 5.53. The van der Waals surface area contributed by atoms with Gasteiger partial charge in [-0.2, -0.15) is 0 Å². The second-order valence-electron chi connectivity index (χ2n) is 5.53. The Morgan fingerprint density at radius 2 is 1.85 bits per heavy atom. The van der Waals surface area contributed by atoms with Crippen LogP contribution in [0.25, 0.3) is 0 Å². The van der Waals surface area contributed by atoms with Gasteiger partial charge in [0.05, 0.1) is 18.4 Å². The molecule has 0 aromatic rings. The lowest BCUT2D eigenvalue weighted by atomic mass is 9.83. The number of hydrogen-bond acceptors (Lipinski definition) is 5. The zero-order chi connectivity index (χ0) is 14.7. The third-order valence-electron chi connectivity index (χ3n) is 4.27. The summed E-state index contributed by atoms with van der Waals surface area (Å²) in [4.78, 5) is 23.4. The number of carboxylic acids is 1. The summed E-state index contributed by atoms with van der Waals surface area (Å²) < 4.78 is 5.16. The Morgan fingerprint density at radius 1 is 1.20 bits per heavy atom. The molecule has 2 bridgehead atoms. The maximum Gasteiger partial charge on any atom is 0.310 e. The monoisotopic (exact) mass is 284 g/mol. The second kappa shape index (κ2) is 6.37. The highest BCUT2D eigenvalue weighted by Crippen LogP contribution is 2.48. The average molecular weight is 284 g/mol. The van der Waals surface area contributed by atoms with Crippen LogP contribution >= 0.6 is 0 Å². The van der Waals surface area contributed by atoms with E-state index in [1.165, 1.54) is 0 Å². The highest BCUT2D eigenvalue weighted by Gasteiger charge is 2.52. The molecule has 0 aliphatic heterocycles. The number of ether oxygens (including phenoxy) is 1. The Bertz CT molecular complexity index is 404. The number of rotatable bonds is 7. The molecule has 6 nitrogen and oxygen atoms in total. The van der Waals surface area contributed by atoms with Crippen LogP contribution in [0.1, 0.15) is 12.8 Å². The van der Waals surface area contributed by atoms with Gasteiger partial charge in [0.15, 0.2) is 0 Å². The maximum absolute atomic E-state index is 12.1. The molecule has 0 spiro atoms. The number of aliphatic hydroxyl groups excluding tert-OH is 2. The quantitative estimate of drug-likeness (QED) is 0.450. The average Bonchev–Trinajstić information content (AvgIpc) is 3.03. The Labute approximate surface area is 117 Å². The minimum atomic E-state index is -0.960. The van der Waals surface area contributed by atoms with Gasteiger partial charge in [-0.05, 0) is 24.7 Å². The molecule has 5 unspecified atom stereocenters. The topological polar surface area (TPSA) is 104 Å². The molecule has 2 aliphatic carbocycles. The standard InChI is InChI=1S/C14H20O6/c15-4-3-8(6-16)7-20-14(19)12-10-2-1-9(5-10)11(12)13(17)18/h1-2,8-12,15-16H,3-7H2,(H,17,18). The lowest BCUT2D eigenvalue weighted by Gasteiger charge is -2.24. The molecule has 6 heteroatoms. The van der Waals surface area contributed by atoms with Crippen molar-refractivity contribution in [2.75, 3.05) is 19.8 Å². The lowest BCUT2D eigenvalue weighted by Crippen LogP contribution is -2.35. The number of carboxylic acid groups (broad SMARTS) is 1. The van der Waals surface area contributed by atoms with Crippen molar-refractivity contribution in [2.24, 2.45) is 29.6 Å². The Balaban J connectivity index is 1.95. The molecule has 0 aromatic heterocycles. The Hall–Kier alpha value is -1.40. The number of carbonyl (C=O) groups is 2. The maximum atomic E-state index is 12.1. The van der Waals surface area contributed by atoms with Gasteiger partial charge in [0.2, 0.25) is 0 Å². The molecule has 1 fully saturated rings. The first kappa shape index (κ1) is 15.0. The summed E-state index contributed by atoms with van der Waals surface area (Å²) in [5, 5.41) is 27.1.